The molecule has 10 nitrogen and oxygen atoms in total. The lowest BCUT2D eigenvalue weighted by atomic mass is 10.2. The summed E-state index contributed by atoms with van der Waals surface area (Å²) in [6.07, 6.45) is 2.93. The number of carbonyl (C=O) groups is 1. The predicted molar refractivity (Wildman–Crippen MR) is 117 cm³/mol. The van der Waals surface area contributed by atoms with Gasteiger partial charge in [-0.15, -0.1) is 15.3 Å². The van der Waals surface area contributed by atoms with Gasteiger partial charge >= 0.3 is 0 Å². The molecule has 10 heteroatoms. The number of rotatable bonds is 8. The number of hydrogen-bond acceptors (Lipinski definition) is 7. The van der Waals surface area contributed by atoms with Gasteiger partial charge in [0, 0.05) is 29.8 Å². The molecule has 4 rings (SSSR count). The molecule has 0 aliphatic carbocycles. The standard InChI is InChI=1S/C22H18N6O4/c29-20(12-8-16-6-9-18(10-7-16)28(30)31)23-14-15-32-21-13-11-19-24-25-22(27(19)26-21)17-4-2-1-3-5-17/h1-13H,14-15H2,(H,23,29)/b12-8+. The maximum Gasteiger partial charge on any atom is 0.269 e. The van der Waals surface area contributed by atoms with Crippen LogP contribution in [0.15, 0.2) is 72.8 Å². The molecule has 0 saturated heterocycles. The number of non-ortho nitro benzene ring substituents is 1. The summed E-state index contributed by atoms with van der Waals surface area (Å²) in [5.74, 6) is 0.682. The molecule has 1 amide bonds. The minimum Gasteiger partial charge on any atom is -0.475 e. The van der Waals surface area contributed by atoms with Gasteiger partial charge in [-0.05, 0) is 29.8 Å². The number of amides is 1. The average Bonchev–Trinajstić information content (AvgIpc) is 3.24. The third kappa shape index (κ3) is 4.93. The summed E-state index contributed by atoms with van der Waals surface area (Å²) in [5, 5.41) is 26.1. The molecule has 160 valence electrons. The van der Waals surface area contributed by atoms with E-state index in [0.717, 1.165) is 5.56 Å². The molecule has 2 heterocycles. The Hall–Kier alpha value is -4.60. The summed E-state index contributed by atoms with van der Waals surface area (Å²) in [5.41, 5.74) is 2.16. The van der Waals surface area contributed by atoms with Crippen molar-refractivity contribution in [1.82, 2.24) is 25.1 Å². The molecule has 0 aliphatic rings. The zero-order valence-electron chi connectivity index (χ0n) is 16.8. The molecular formula is C22H18N6O4. The van der Waals surface area contributed by atoms with Crippen LogP contribution in [-0.2, 0) is 4.79 Å². The van der Waals surface area contributed by atoms with E-state index in [2.05, 4.69) is 20.6 Å². The normalized spacial score (nSPS) is 11.0. The highest BCUT2D eigenvalue weighted by Gasteiger charge is 2.10. The Labute approximate surface area is 182 Å². The van der Waals surface area contributed by atoms with E-state index in [0.29, 0.717) is 22.9 Å². The fourth-order valence-corrected chi connectivity index (χ4v) is 2.88. The van der Waals surface area contributed by atoms with E-state index in [-0.39, 0.29) is 24.7 Å². The third-order valence-electron chi connectivity index (χ3n) is 4.45. The number of aromatic nitrogens is 4. The third-order valence-corrected chi connectivity index (χ3v) is 4.45. The molecule has 2 aromatic heterocycles. The highest BCUT2D eigenvalue weighted by Crippen LogP contribution is 2.18. The molecule has 32 heavy (non-hydrogen) atoms. The first-order valence-electron chi connectivity index (χ1n) is 9.71. The van der Waals surface area contributed by atoms with Crippen molar-refractivity contribution in [3.8, 4) is 17.3 Å². The van der Waals surface area contributed by atoms with E-state index in [1.54, 1.807) is 34.9 Å². The molecule has 0 saturated carbocycles. The second-order valence-electron chi connectivity index (χ2n) is 6.65. The van der Waals surface area contributed by atoms with Crippen LogP contribution in [0.5, 0.6) is 5.88 Å². The second kappa shape index (κ2) is 9.47. The van der Waals surface area contributed by atoms with Crippen LogP contribution >= 0.6 is 0 Å². The molecule has 0 atom stereocenters. The van der Waals surface area contributed by atoms with Crippen molar-refractivity contribution in [2.45, 2.75) is 0 Å². The fourth-order valence-electron chi connectivity index (χ4n) is 2.88. The Morgan fingerprint density at radius 1 is 1.06 bits per heavy atom. The number of fused-ring (bicyclic) bond motifs is 1. The molecule has 2 aromatic carbocycles. The number of nitro benzene ring substituents is 1. The van der Waals surface area contributed by atoms with Crippen molar-refractivity contribution >= 4 is 23.3 Å². The molecular weight excluding hydrogens is 412 g/mol. The zero-order valence-corrected chi connectivity index (χ0v) is 16.8. The number of nitrogens with zero attached hydrogens (tertiary/aromatic N) is 5. The quantitative estimate of drug-likeness (QED) is 0.197. The molecule has 0 aliphatic heterocycles. The number of hydrogen-bond donors (Lipinski definition) is 1. The van der Waals surface area contributed by atoms with Crippen molar-refractivity contribution < 1.29 is 14.5 Å². The van der Waals surface area contributed by atoms with E-state index in [9.17, 15) is 14.9 Å². The van der Waals surface area contributed by atoms with Crippen molar-refractivity contribution in [1.29, 1.82) is 0 Å². The van der Waals surface area contributed by atoms with Crippen LogP contribution in [-0.4, -0.2) is 43.8 Å². The lowest BCUT2D eigenvalue weighted by Crippen LogP contribution is -2.26. The van der Waals surface area contributed by atoms with Crippen LogP contribution < -0.4 is 10.1 Å². The largest absolute Gasteiger partial charge is 0.475 e. The van der Waals surface area contributed by atoms with E-state index in [4.69, 9.17) is 4.74 Å². The van der Waals surface area contributed by atoms with Crippen LogP contribution in [0.3, 0.4) is 0 Å². The van der Waals surface area contributed by atoms with Crippen molar-refractivity contribution in [2.75, 3.05) is 13.2 Å². The summed E-state index contributed by atoms with van der Waals surface area (Å²) in [7, 11) is 0. The van der Waals surface area contributed by atoms with E-state index < -0.39 is 4.92 Å². The summed E-state index contributed by atoms with van der Waals surface area (Å²) in [6.45, 7) is 0.495. The number of nitro groups is 1. The Morgan fingerprint density at radius 3 is 2.59 bits per heavy atom. The number of ether oxygens (including phenoxy) is 1. The smallest absolute Gasteiger partial charge is 0.269 e. The Morgan fingerprint density at radius 2 is 1.84 bits per heavy atom. The van der Waals surface area contributed by atoms with Gasteiger partial charge in [-0.1, -0.05) is 30.3 Å². The first kappa shape index (κ1) is 20.7. The maximum absolute atomic E-state index is 11.9. The van der Waals surface area contributed by atoms with Gasteiger partial charge in [0.1, 0.15) is 6.61 Å². The first-order chi connectivity index (χ1) is 15.6. The summed E-state index contributed by atoms with van der Waals surface area (Å²) in [4.78, 5) is 22.1. The number of carbonyl (C=O) groups excluding carboxylic acids is 1. The highest BCUT2D eigenvalue weighted by atomic mass is 16.6. The minimum atomic E-state index is -0.474. The van der Waals surface area contributed by atoms with Crippen molar-refractivity contribution in [2.24, 2.45) is 0 Å². The molecule has 0 bridgehead atoms. The number of benzene rings is 2. The van der Waals surface area contributed by atoms with Gasteiger partial charge in [-0.2, -0.15) is 4.52 Å². The van der Waals surface area contributed by atoms with E-state index in [1.807, 2.05) is 30.3 Å². The van der Waals surface area contributed by atoms with Crippen LogP contribution in [0.2, 0.25) is 0 Å². The monoisotopic (exact) mass is 430 g/mol. The Balaban J connectivity index is 1.29. The van der Waals surface area contributed by atoms with Crippen molar-refractivity contribution in [3.05, 3.63) is 88.5 Å². The molecule has 0 unspecified atom stereocenters. The Bertz CT molecular complexity index is 1270. The summed E-state index contributed by atoms with van der Waals surface area (Å²) >= 11 is 0. The average molecular weight is 430 g/mol. The molecule has 0 spiro atoms. The van der Waals surface area contributed by atoms with Gasteiger partial charge in [0.25, 0.3) is 5.69 Å². The molecule has 4 aromatic rings. The second-order valence-corrected chi connectivity index (χ2v) is 6.65. The maximum atomic E-state index is 11.9. The summed E-state index contributed by atoms with van der Waals surface area (Å²) in [6, 6.07) is 18.9. The fraction of sp³-hybridized carbons (Fsp3) is 0.0909. The van der Waals surface area contributed by atoms with Crippen LogP contribution in [0.1, 0.15) is 5.56 Å². The van der Waals surface area contributed by atoms with Gasteiger partial charge in [0.2, 0.25) is 11.8 Å². The summed E-state index contributed by atoms with van der Waals surface area (Å²) < 4.78 is 7.24. The van der Waals surface area contributed by atoms with Gasteiger partial charge in [-0.3, -0.25) is 14.9 Å². The van der Waals surface area contributed by atoms with Crippen LogP contribution in [0.25, 0.3) is 23.1 Å². The lowest BCUT2D eigenvalue weighted by Gasteiger charge is -2.06. The highest BCUT2D eigenvalue weighted by molar-refractivity contribution is 5.91. The van der Waals surface area contributed by atoms with Gasteiger partial charge in [0.15, 0.2) is 11.5 Å². The van der Waals surface area contributed by atoms with Gasteiger partial charge in [0.05, 0.1) is 11.5 Å². The van der Waals surface area contributed by atoms with Crippen LogP contribution in [0.4, 0.5) is 5.69 Å². The predicted octanol–water partition coefficient (Wildman–Crippen LogP) is 2.91. The Kier molecular flexibility index (Phi) is 6.12. The molecule has 0 radical (unpaired) electrons. The lowest BCUT2D eigenvalue weighted by molar-refractivity contribution is -0.384. The van der Waals surface area contributed by atoms with E-state index >= 15 is 0 Å². The molecule has 1 N–H and O–H groups in total. The van der Waals surface area contributed by atoms with Gasteiger partial charge in [-0.25, -0.2) is 0 Å². The van der Waals surface area contributed by atoms with Gasteiger partial charge < -0.3 is 10.1 Å². The SMILES string of the molecule is O=C(/C=C/c1ccc([N+](=O)[O-])cc1)NCCOc1ccc2nnc(-c3ccccc3)n2n1. The zero-order chi connectivity index (χ0) is 22.3. The minimum absolute atomic E-state index is 0.00193. The topological polar surface area (TPSA) is 125 Å². The first-order valence-corrected chi connectivity index (χ1v) is 9.71. The van der Waals surface area contributed by atoms with Crippen molar-refractivity contribution in [3.63, 3.8) is 0 Å². The van der Waals surface area contributed by atoms with E-state index in [1.165, 1.54) is 18.2 Å². The molecule has 0 fully saturated rings. The number of nitrogens with one attached hydrogen (secondary N) is 1. The van der Waals surface area contributed by atoms with Crippen LogP contribution in [0, 0.1) is 10.1 Å².